The predicted octanol–water partition coefficient (Wildman–Crippen LogP) is 2.12. The molecule has 0 fully saturated rings. The predicted molar refractivity (Wildman–Crippen MR) is 97.4 cm³/mol. The normalized spacial score (nSPS) is 10.8. The third-order valence-electron chi connectivity index (χ3n) is 2.77. The van der Waals surface area contributed by atoms with Gasteiger partial charge in [0.2, 0.25) is 0 Å². The van der Waals surface area contributed by atoms with Crippen LogP contribution in [0, 0.1) is 0 Å². The lowest BCUT2D eigenvalue weighted by Crippen LogP contribution is -2.31. The number of guanidine groups is 1. The van der Waals surface area contributed by atoms with Gasteiger partial charge in [0, 0.05) is 19.3 Å². The van der Waals surface area contributed by atoms with Crippen molar-refractivity contribution in [1.29, 1.82) is 0 Å². The molecule has 2 aromatic rings. The highest BCUT2D eigenvalue weighted by Gasteiger charge is 2.00. The molecule has 0 saturated heterocycles. The van der Waals surface area contributed by atoms with Gasteiger partial charge in [0.1, 0.15) is 0 Å². The first-order valence-electron chi connectivity index (χ1n) is 6.53. The number of hydrogen-bond donors (Lipinski definition) is 2. The van der Waals surface area contributed by atoms with Crippen LogP contribution in [0.25, 0.3) is 5.69 Å². The zero-order chi connectivity index (χ0) is 14.2. The Kier molecular flexibility index (Phi) is 7.52. The number of rotatable bonds is 6. The highest BCUT2D eigenvalue weighted by molar-refractivity contribution is 14.0. The number of para-hydroxylation sites is 1. The molecule has 0 atom stereocenters. The fourth-order valence-corrected chi connectivity index (χ4v) is 1.75. The molecule has 0 radical (unpaired) electrons. The summed E-state index contributed by atoms with van der Waals surface area (Å²) >= 11 is 0. The largest absolute Gasteiger partial charge is 0.370 e. The molecule has 6 heteroatoms. The van der Waals surface area contributed by atoms with Crippen molar-refractivity contribution in [2.24, 2.45) is 10.7 Å². The molecule has 0 spiro atoms. The highest BCUT2D eigenvalue weighted by Crippen LogP contribution is 2.07. The Morgan fingerprint density at radius 1 is 1.38 bits per heavy atom. The summed E-state index contributed by atoms with van der Waals surface area (Å²) in [6.45, 7) is 4.87. The lowest BCUT2D eigenvalue weighted by Gasteiger charge is -2.01. The van der Waals surface area contributed by atoms with Gasteiger partial charge in [-0.2, -0.15) is 5.10 Å². The van der Waals surface area contributed by atoms with Crippen LogP contribution in [0.15, 0.2) is 60.4 Å². The molecule has 1 heterocycles. The van der Waals surface area contributed by atoms with Crippen molar-refractivity contribution in [1.82, 2.24) is 15.1 Å². The lowest BCUT2D eigenvalue weighted by molar-refractivity contribution is 0.878. The van der Waals surface area contributed by atoms with Crippen LogP contribution < -0.4 is 11.1 Å². The third-order valence-corrected chi connectivity index (χ3v) is 2.77. The van der Waals surface area contributed by atoms with Crippen molar-refractivity contribution < 1.29 is 0 Å². The van der Waals surface area contributed by atoms with Crippen LogP contribution in [0.1, 0.15) is 5.56 Å². The van der Waals surface area contributed by atoms with Crippen molar-refractivity contribution >= 4 is 29.9 Å². The Morgan fingerprint density at radius 3 is 2.86 bits per heavy atom. The first-order chi connectivity index (χ1) is 9.79. The van der Waals surface area contributed by atoms with E-state index in [1.807, 2.05) is 47.4 Å². The van der Waals surface area contributed by atoms with E-state index >= 15 is 0 Å². The first kappa shape index (κ1) is 17.2. The maximum Gasteiger partial charge on any atom is 0.188 e. The second-order valence-electron chi connectivity index (χ2n) is 4.32. The quantitative estimate of drug-likeness (QED) is 0.340. The molecular weight excluding hydrogens is 377 g/mol. The van der Waals surface area contributed by atoms with Crippen molar-refractivity contribution in [3.63, 3.8) is 0 Å². The Hall–Kier alpha value is -1.83. The van der Waals surface area contributed by atoms with Gasteiger partial charge in [0.05, 0.1) is 11.9 Å². The van der Waals surface area contributed by atoms with Crippen molar-refractivity contribution in [2.75, 3.05) is 13.1 Å². The maximum atomic E-state index is 5.69. The Labute approximate surface area is 142 Å². The molecule has 5 nitrogen and oxygen atoms in total. The zero-order valence-corrected chi connectivity index (χ0v) is 14.1. The summed E-state index contributed by atoms with van der Waals surface area (Å²) in [5.41, 5.74) is 7.87. The second-order valence-corrected chi connectivity index (χ2v) is 4.32. The number of hydrogen-bond acceptors (Lipinski definition) is 2. The zero-order valence-electron chi connectivity index (χ0n) is 11.8. The molecule has 2 rings (SSSR count). The summed E-state index contributed by atoms with van der Waals surface area (Å²) in [6.07, 6.45) is 6.42. The summed E-state index contributed by atoms with van der Waals surface area (Å²) < 4.78 is 1.86. The van der Waals surface area contributed by atoms with Gasteiger partial charge < -0.3 is 11.1 Å². The number of halogens is 1. The standard InChI is InChI=1S/C15H19N5.HI/c1-2-9-17-15(16)18-10-8-13-11-19-20(12-13)14-6-4-3-5-7-14;/h2-7,11-12H,1,8-10H2,(H3,16,17,18);1H. The number of aliphatic imine (C=N–C) groups is 1. The van der Waals surface area contributed by atoms with Crippen molar-refractivity contribution in [3.8, 4) is 5.69 Å². The number of nitrogens with zero attached hydrogens (tertiary/aromatic N) is 3. The molecule has 0 aliphatic rings. The Bertz CT molecular complexity index is 577. The second kappa shape index (κ2) is 9.17. The van der Waals surface area contributed by atoms with Gasteiger partial charge in [-0.05, 0) is 24.1 Å². The SMILES string of the molecule is C=CCNC(N)=NCCc1cnn(-c2ccccc2)c1.I. The fourth-order valence-electron chi connectivity index (χ4n) is 1.75. The van der Waals surface area contributed by atoms with Gasteiger partial charge in [-0.1, -0.05) is 24.3 Å². The van der Waals surface area contributed by atoms with Gasteiger partial charge in [-0.15, -0.1) is 30.6 Å². The van der Waals surface area contributed by atoms with Crippen LogP contribution in [0.2, 0.25) is 0 Å². The summed E-state index contributed by atoms with van der Waals surface area (Å²) in [5, 5.41) is 7.28. The maximum absolute atomic E-state index is 5.69. The van der Waals surface area contributed by atoms with E-state index in [9.17, 15) is 0 Å². The molecule has 3 N–H and O–H groups in total. The highest BCUT2D eigenvalue weighted by atomic mass is 127. The molecule has 1 aromatic carbocycles. The minimum atomic E-state index is 0. The van der Waals surface area contributed by atoms with Crippen LogP contribution in [0.5, 0.6) is 0 Å². The summed E-state index contributed by atoms with van der Waals surface area (Å²) in [7, 11) is 0. The fraction of sp³-hybridized carbons (Fsp3) is 0.200. The van der Waals surface area contributed by atoms with E-state index < -0.39 is 0 Å². The van der Waals surface area contributed by atoms with Crippen LogP contribution in [-0.4, -0.2) is 28.8 Å². The molecule has 0 aliphatic carbocycles. The molecule has 0 amide bonds. The average molecular weight is 397 g/mol. The van der Waals surface area contributed by atoms with E-state index in [1.165, 1.54) is 0 Å². The van der Waals surface area contributed by atoms with E-state index in [0.29, 0.717) is 19.0 Å². The van der Waals surface area contributed by atoms with Crippen LogP contribution in [-0.2, 0) is 6.42 Å². The number of nitrogens with one attached hydrogen (secondary N) is 1. The number of aromatic nitrogens is 2. The average Bonchev–Trinajstić information content (AvgIpc) is 2.95. The topological polar surface area (TPSA) is 68.2 Å². The number of benzene rings is 1. The number of nitrogens with two attached hydrogens (primary N) is 1. The molecule has 112 valence electrons. The van der Waals surface area contributed by atoms with E-state index in [1.54, 1.807) is 6.08 Å². The van der Waals surface area contributed by atoms with Gasteiger partial charge in [-0.25, -0.2) is 4.68 Å². The smallest absolute Gasteiger partial charge is 0.188 e. The molecule has 0 unspecified atom stereocenters. The third kappa shape index (κ3) is 5.58. The summed E-state index contributed by atoms with van der Waals surface area (Å²) in [4.78, 5) is 4.24. The van der Waals surface area contributed by atoms with E-state index in [4.69, 9.17) is 5.73 Å². The molecule has 1 aromatic heterocycles. The monoisotopic (exact) mass is 397 g/mol. The van der Waals surface area contributed by atoms with E-state index in [0.717, 1.165) is 17.7 Å². The van der Waals surface area contributed by atoms with Gasteiger partial charge >= 0.3 is 0 Å². The molecule has 0 bridgehead atoms. The Balaban J connectivity index is 0.00000220. The van der Waals surface area contributed by atoms with Gasteiger partial charge in [-0.3, -0.25) is 4.99 Å². The summed E-state index contributed by atoms with van der Waals surface area (Å²) in [6, 6.07) is 10.0. The molecule has 0 saturated carbocycles. The molecular formula is C15H20IN5. The van der Waals surface area contributed by atoms with Crippen LogP contribution >= 0.6 is 24.0 Å². The van der Waals surface area contributed by atoms with Gasteiger partial charge in [0.15, 0.2) is 5.96 Å². The van der Waals surface area contributed by atoms with Crippen LogP contribution in [0.3, 0.4) is 0 Å². The van der Waals surface area contributed by atoms with Gasteiger partial charge in [0.25, 0.3) is 0 Å². The van der Waals surface area contributed by atoms with Crippen molar-refractivity contribution in [3.05, 3.63) is 60.9 Å². The van der Waals surface area contributed by atoms with Crippen molar-refractivity contribution in [2.45, 2.75) is 6.42 Å². The lowest BCUT2D eigenvalue weighted by atomic mass is 10.2. The molecule has 0 aliphatic heterocycles. The first-order valence-corrected chi connectivity index (χ1v) is 6.53. The molecule has 21 heavy (non-hydrogen) atoms. The Morgan fingerprint density at radius 2 is 2.14 bits per heavy atom. The van der Waals surface area contributed by atoms with Crippen LogP contribution in [0.4, 0.5) is 0 Å². The minimum Gasteiger partial charge on any atom is -0.370 e. The summed E-state index contributed by atoms with van der Waals surface area (Å²) in [5.74, 6) is 0.445. The minimum absolute atomic E-state index is 0. The van der Waals surface area contributed by atoms with E-state index in [-0.39, 0.29) is 24.0 Å². The van der Waals surface area contributed by atoms with E-state index in [2.05, 4.69) is 22.0 Å².